The summed E-state index contributed by atoms with van der Waals surface area (Å²) >= 11 is 0. The van der Waals surface area contributed by atoms with Crippen molar-refractivity contribution in [2.24, 2.45) is 10.9 Å². The lowest BCUT2D eigenvalue weighted by Gasteiger charge is -2.08. The summed E-state index contributed by atoms with van der Waals surface area (Å²) in [7, 11) is 0. The van der Waals surface area contributed by atoms with Crippen LogP contribution in [0.5, 0.6) is 0 Å². The molecule has 1 N–H and O–H groups in total. The van der Waals surface area contributed by atoms with Crippen molar-refractivity contribution in [1.82, 2.24) is 5.32 Å². The predicted octanol–water partition coefficient (Wildman–Crippen LogP) is 1.89. The van der Waals surface area contributed by atoms with Gasteiger partial charge in [0.2, 0.25) is 5.91 Å². The van der Waals surface area contributed by atoms with Gasteiger partial charge in [-0.3, -0.25) is 4.79 Å². The van der Waals surface area contributed by atoms with Gasteiger partial charge in [0.1, 0.15) is 5.82 Å². The molecule has 4 heteroatoms. The molecular weight excluding hydrogens is 202 g/mol. The van der Waals surface area contributed by atoms with Crippen molar-refractivity contribution >= 4 is 11.6 Å². The molecule has 1 aliphatic heterocycles. The lowest BCUT2D eigenvalue weighted by atomic mass is 9.92. The van der Waals surface area contributed by atoms with Gasteiger partial charge in [0.25, 0.3) is 0 Å². The van der Waals surface area contributed by atoms with Crippen molar-refractivity contribution in [1.29, 1.82) is 5.26 Å². The molecule has 84 valence electrons. The number of fused-ring (bicyclic) bond motifs is 1. The quantitative estimate of drug-likeness (QED) is 0.729. The number of amides is 1. The summed E-state index contributed by atoms with van der Waals surface area (Å²) in [4.78, 5) is 15.4. The van der Waals surface area contributed by atoms with E-state index in [9.17, 15) is 4.79 Å². The molecule has 0 aromatic carbocycles. The molecule has 1 atom stereocenters. The molecule has 2 rings (SSSR count). The highest BCUT2D eigenvalue weighted by Gasteiger charge is 2.31. The lowest BCUT2D eigenvalue weighted by molar-refractivity contribution is -0.118. The maximum absolute atomic E-state index is 11.0. The highest BCUT2D eigenvalue weighted by Crippen LogP contribution is 2.33. The van der Waals surface area contributed by atoms with Gasteiger partial charge in [0.15, 0.2) is 0 Å². The van der Waals surface area contributed by atoms with Gasteiger partial charge in [-0.15, -0.1) is 0 Å². The van der Waals surface area contributed by atoms with Crippen LogP contribution in [0.1, 0.15) is 39.0 Å². The zero-order valence-electron chi connectivity index (χ0n) is 9.42. The van der Waals surface area contributed by atoms with E-state index >= 15 is 0 Å². The minimum Gasteiger partial charge on any atom is -0.310 e. The molecule has 1 heterocycles. The van der Waals surface area contributed by atoms with Crippen LogP contribution < -0.4 is 5.32 Å². The summed E-state index contributed by atoms with van der Waals surface area (Å²) in [6, 6.07) is 2.20. The number of carbonyl (C=O) groups is 1. The molecule has 0 radical (unpaired) electrons. The summed E-state index contributed by atoms with van der Waals surface area (Å²) in [5, 5.41) is 11.8. The summed E-state index contributed by atoms with van der Waals surface area (Å²) in [5.74, 6) is 0.481. The van der Waals surface area contributed by atoms with Crippen LogP contribution >= 0.6 is 0 Å². The number of nitrogens with one attached hydrogen (secondary N) is 1. The summed E-state index contributed by atoms with van der Waals surface area (Å²) in [6.07, 6.45) is 5.44. The minimum absolute atomic E-state index is 0.161. The summed E-state index contributed by atoms with van der Waals surface area (Å²) in [6.45, 7) is 1.44. The van der Waals surface area contributed by atoms with Gasteiger partial charge in [-0.2, -0.15) is 5.26 Å². The van der Waals surface area contributed by atoms with E-state index < -0.39 is 0 Å². The fourth-order valence-corrected chi connectivity index (χ4v) is 2.38. The van der Waals surface area contributed by atoms with E-state index in [1.807, 2.05) is 0 Å². The first-order chi connectivity index (χ1) is 7.72. The van der Waals surface area contributed by atoms with Gasteiger partial charge in [-0.1, -0.05) is 12.8 Å². The van der Waals surface area contributed by atoms with E-state index in [2.05, 4.69) is 16.4 Å². The topological polar surface area (TPSA) is 65.2 Å². The molecule has 4 nitrogen and oxygen atoms in total. The Balaban J connectivity index is 2.27. The molecule has 1 amide bonds. The highest BCUT2D eigenvalue weighted by atomic mass is 16.1. The fourth-order valence-electron chi connectivity index (χ4n) is 2.38. The third-order valence-corrected chi connectivity index (χ3v) is 3.10. The molecule has 16 heavy (non-hydrogen) atoms. The van der Waals surface area contributed by atoms with Crippen molar-refractivity contribution in [2.45, 2.75) is 39.0 Å². The zero-order chi connectivity index (χ0) is 11.5. The zero-order valence-corrected chi connectivity index (χ0v) is 9.42. The Bertz CT molecular complexity index is 414. The van der Waals surface area contributed by atoms with E-state index in [0.717, 1.165) is 31.4 Å². The van der Waals surface area contributed by atoms with Crippen LogP contribution in [0.3, 0.4) is 0 Å². The maximum atomic E-state index is 11.0. The van der Waals surface area contributed by atoms with Gasteiger partial charge in [-0.25, -0.2) is 4.99 Å². The Morgan fingerprint density at radius 3 is 3.00 bits per heavy atom. The number of hydrogen-bond donors (Lipinski definition) is 1. The second-order valence-electron chi connectivity index (χ2n) is 4.31. The number of nitriles is 1. The van der Waals surface area contributed by atoms with Crippen LogP contribution in [0.25, 0.3) is 0 Å². The molecule has 1 saturated carbocycles. The number of aliphatic imine (C=N–C) groups is 1. The van der Waals surface area contributed by atoms with Gasteiger partial charge in [-0.05, 0) is 19.3 Å². The number of carbonyl (C=O) groups excluding carboxylic acids is 1. The Hall–Kier alpha value is -1.63. The third kappa shape index (κ3) is 1.99. The van der Waals surface area contributed by atoms with Crippen LogP contribution in [-0.2, 0) is 4.79 Å². The van der Waals surface area contributed by atoms with E-state index in [1.165, 1.54) is 13.3 Å². The Labute approximate surface area is 95.1 Å². The normalized spacial score (nSPS) is 24.2. The molecule has 0 spiro atoms. The number of hydrogen-bond acceptors (Lipinski definition) is 3. The summed E-state index contributed by atoms with van der Waals surface area (Å²) in [5.41, 5.74) is 1.73. The fraction of sp³-hybridized carbons (Fsp3) is 0.583. The molecular formula is C12H15N3O. The van der Waals surface area contributed by atoms with E-state index in [4.69, 9.17) is 5.26 Å². The first kappa shape index (κ1) is 10.9. The van der Waals surface area contributed by atoms with Crippen LogP contribution in [0, 0.1) is 17.2 Å². The molecule has 0 aromatic rings. The second-order valence-corrected chi connectivity index (χ2v) is 4.31. The number of allylic oxidation sites excluding steroid dienone is 1. The van der Waals surface area contributed by atoms with Crippen LogP contribution in [0.15, 0.2) is 16.4 Å². The van der Waals surface area contributed by atoms with Crippen LogP contribution in [0.2, 0.25) is 0 Å². The first-order valence-corrected chi connectivity index (χ1v) is 5.71. The van der Waals surface area contributed by atoms with Gasteiger partial charge >= 0.3 is 0 Å². The average Bonchev–Trinajstić information content (AvgIpc) is 2.42. The smallest absolute Gasteiger partial charge is 0.222 e. The van der Waals surface area contributed by atoms with E-state index in [0.29, 0.717) is 11.4 Å². The van der Waals surface area contributed by atoms with Crippen LogP contribution in [-0.4, -0.2) is 11.6 Å². The number of nitrogens with zero attached hydrogens (tertiary/aromatic N) is 2. The first-order valence-electron chi connectivity index (χ1n) is 5.71. The lowest BCUT2D eigenvalue weighted by Crippen LogP contribution is -2.18. The molecule has 0 bridgehead atoms. The highest BCUT2D eigenvalue weighted by molar-refractivity contribution is 5.94. The molecule has 0 saturated heterocycles. The SMILES string of the molecule is CC(=O)NC1=C(C#N)C2CCCCCC2=N1. The van der Waals surface area contributed by atoms with Crippen molar-refractivity contribution in [3.05, 3.63) is 11.4 Å². The molecule has 0 aromatic heterocycles. The van der Waals surface area contributed by atoms with Gasteiger partial charge in [0.05, 0.1) is 11.6 Å². The number of rotatable bonds is 1. The molecule has 1 fully saturated rings. The van der Waals surface area contributed by atoms with Crippen molar-refractivity contribution in [2.75, 3.05) is 0 Å². The minimum atomic E-state index is -0.163. The van der Waals surface area contributed by atoms with Gasteiger partial charge < -0.3 is 5.32 Å². The molecule has 2 aliphatic rings. The Morgan fingerprint density at radius 2 is 2.31 bits per heavy atom. The summed E-state index contributed by atoms with van der Waals surface area (Å²) < 4.78 is 0. The van der Waals surface area contributed by atoms with E-state index in [1.54, 1.807) is 0 Å². The standard InChI is InChI=1S/C12H15N3O/c1-8(16)14-12-10(7-13)9-5-3-2-4-6-11(9)15-12/h9H,2-6H2,1H3,(H,14,16). The largest absolute Gasteiger partial charge is 0.310 e. The predicted molar refractivity (Wildman–Crippen MR) is 60.5 cm³/mol. The Morgan fingerprint density at radius 1 is 1.50 bits per heavy atom. The van der Waals surface area contributed by atoms with Crippen molar-refractivity contribution in [3.63, 3.8) is 0 Å². The molecule has 1 unspecified atom stereocenters. The third-order valence-electron chi connectivity index (χ3n) is 3.10. The maximum Gasteiger partial charge on any atom is 0.222 e. The van der Waals surface area contributed by atoms with Gasteiger partial charge in [0, 0.05) is 18.6 Å². The monoisotopic (exact) mass is 217 g/mol. The Kier molecular flexibility index (Phi) is 3.04. The van der Waals surface area contributed by atoms with Crippen LogP contribution in [0.4, 0.5) is 0 Å². The average molecular weight is 217 g/mol. The van der Waals surface area contributed by atoms with E-state index in [-0.39, 0.29) is 11.8 Å². The van der Waals surface area contributed by atoms with Crippen molar-refractivity contribution in [3.8, 4) is 6.07 Å². The molecule has 1 aliphatic carbocycles. The van der Waals surface area contributed by atoms with Crippen molar-refractivity contribution < 1.29 is 4.79 Å². The second kappa shape index (κ2) is 4.48.